The summed E-state index contributed by atoms with van der Waals surface area (Å²) in [5.41, 5.74) is 1.09. The van der Waals surface area contributed by atoms with Crippen LogP contribution in [0.2, 0.25) is 0 Å². The van der Waals surface area contributed by atoms with Gasteiger partial charge in [-0.25, -0.2) is 8.42 Å². The molecule has 1 aromatic rings. The van der Waals surface area contributed by atoms with Gasteiger partial charge in [0, 0.05) is 33.8 Å². The van der Waals surface area contributed by atoms with Crippen molar-refractivity contribution in [2.75, 3.05) is 39.5 Å². The van der Waals surface area contributed by atoms with Gasteiger partial charge in [-0.2, -0.15) is 0 Å². The van der Waals surface area contributed by atoms with E-state index in [1.165, 1.54) is 0 Å². The van der Waals surface area contributed by atoms with Gasteiger partial charge in [0.05, 0.1) is 16.6 Å². The smallest absolute Gasteiger partial charge is 0.193 e. The first-order valence-corrected chi connectivity index (χ1v) is 9.71. The molecule has 1 aliphatic rings. The normalized spacial score (nSPS) is 21.3. The maximum absolute atomic E-state index is 12.2. The molecule has 0 aliphatic carbocycles. The second-order valence-corrected chi connectivity index (χ2v) is 9.31. The van der Waals surface area contributed by atoms with Crippen LogP contribution < -0.4 is 5.32 Å². The van der Waals surface area contributed by atoms with Gasteiger partial charge in [-0.3, -0.25) is 4.99 Å². The third-order valence-electron chi connectivity index (χ3n) is 4.46. The average molecular weight is 353 g/mol. The lowest BCUT2D eigenvalue weighted by Gasteiger charge is -2.39. The van der Waals surface area contributed by atoms with E-state index < -0.39 is 14.6 Å². The standard InChI is InChI=1S/C17H27N3O3S/c1-17(2)13-20(10-11-24(17,21)22)16(18-3)19-12-15(23-4)14-8-6-5-7-9-14/h5-9,15H,10-13H2,1-4H3,(H,18,19). The van der Waals surface area contributed by atoms with E-state index in [4.69, 9.17) is 4.74 Å². The molecule has 24 heavy (non-hydrogen) atoms. The number of aliphatic imine (C=N–C) groups is 1. The van der Waals surface area contributed by atoms with E-state index in [0.717, 1.165) is 5.56 Å². The van der Waals surface area contributed by atoms with Gasteiger partial charge >= 0.3 is 0 Å². The SMILES string of the molecule is CN=C(NCC(OC)c1ccccc1)N1CCS(=O)(=O)C(C)(C)C1. The number of nitrogens with one attached hydrogen (secondary N) is 1. The molecule has 7 heteroatoms. The number of hydrogen-bond donors (Lipinski definition) is 1. The number of sulfone groups is 1. The maximum Gasteiger partial charge on any atom is 0.193 e. The molecule has 1 aliphatic heterocycles. The zero-order valence-electron chi connectivity index (χ0n) is 14.8. The summed E-state index contributed by atoms with van der Waals surface area (Å²) in [6.07, 6.45) is -0.0931. The maximum atomic E-state index is 12.2. The van der Waals surface area contributed by atoms with Crippen LogP contribution >= 0.6 is 0 Å². The van der Waals surface area contributed by atoms with Gasteiger partial charge in [0.1, 0.15) is 0 Å². The second-order valence-electron chi connectivity index (χ2n) is 6.56. The molecule has 0 spiro atoms. The molecule has 1 heterocycles. The first-order valence-electron chi connectivity index (χ1n) is 8.06. The Hall–Kier alpha value is -1.60. The molecule has 0 aromatic heterocycles. The highest BCUT2D eigenvalue weighted by molar-refractivity contribution is 7.92. The fourth-order valence-electron chi connectivity index (χ4n) is 2.85. The molecule has 0 amide bonds. The van der Waals surface area contributed by atoms with Crippen LogP contribution in [-0.4, -0.2) is 63.6 Å². The van der Waals surface area contributed by atoms with E-state index in [-0.39, 0.29) is 11.9 Å². The highest BCUT2D eigenvalue weighted by Crippen LogP contribution is 2.24. The summed E-state index contributed by atoms with van der Waals surface area (Å²) in [6, 6.07) is 9.98. The van der Waals surface area contributed by atoms with Gasteiger partial charge in [0.25, 0.3) is 0 Å². The molecule has 1 aromatic carbocycles. The largest absolute Gasteiger partial charge is 0.375 e. The monoisotopic (exact) mass is 353 g/mol. The third kappa shape index (κ3) is 4.08. The van der Waals surface area contributed by atoms with E-state index in [0.29, 0.717) is 25.6 Å². The van der Waals surface area contributed by atoms with Crippen LogP contribution in [0.25, 0.3) is 0 Å². The van der Waals surface area contributed by atoms with Crippen molar-refractivity contribution in [1.82, 2.24) is 10.2 Å². The lowest BCUT2D eigenvalue weighted by Crippen LogP contribution is -2.57. The lowest BCUT2D eigenvalue weighted by atomic mass is 10.1. The Labute approximate surface area is 144 Å². The van der Waals surface area contributed by atoms with E-state index in [9.17, 15) is 8.42 Å². The van der Waals surface area contributed by atoms with E-state index in [1.54, 1.807) is 28.0 Å². The molecule has 2 rings (SSSR count). The van der Waals surface area contributed by atoms with Crippen molar-refractivity contribution in [3.8, 4) is 0 Å². The summed E-state index contributed by atoms with van der Waals surface area (Å²) in [6.45, 7) is 4.98. The molecule has 134 valence electrons. The van der Waals surface area contributed by atoms with Crippen LogP contribution in [0.15, 0.2) is 35.3 Å². The summed E-state index contributed by atoms with van der Waals surface area (Å²) in [5.74, 6) is 0.851. The second kappa shape index (κ2) is 7.53. The summed E-state index contributed by atoms with van der Waals surface area (Å²) in [7, 11) is 0.327. The molecule has 0 bridgehead atoms. The van der Waals surface area contributed by atoms with Crippen molar-refractivity contribution < 1.29 is 13.2 Å². The van der Waals surface area contributed by atoms with Gasteiger partial charge in [-0.05, 0) is 19.4 Å². The minimum atomic E-state index is -3.06. The number of guanidine groups is 1. The Kier molecular flexibility index (Phi) is 5.87. The summed E-state index contributed by atoms with van der Waals surface area (Å²) >= 11 is 0. The van der Waals surface area contributed by atoms with Crippen molar-refractivity contribution in [1.29, 1.82) is 0 Å². The molecule has 1 N–H and O–H groups in total. The molecule has 0 radical (unpaired) electrons. The topological polar surface area (TPSA) is 71.0 Å². The zero-order chi connectivity index (χ0) is 17.8. The Balaban J connectivity index is 2.03. The van der Waals surface area contributed by atoms with Crippen LogP contribution in [0.4, 0.5) is 0 Å². The van der Waals surface area contributed by atoms with E-state index in [2.05, 4.69) is 10.3 Å². The van der Waals surface area contributed by atoms with Crippen molar-refractivity contribution >= 4 is 15.8 Å². The number of ether oxygens (including phenoxy) is 1. The predicted molar refractivity (Wildman–Crippen MR) is 97.0 cm³/mol. The molecule has 1 atom stereocenters. The van der Waals surface area contributed by atoms with Gasteiger partial charge in [0.15, 0.2) is 15.8 Å². The first-order chi connectivity index (χ1) is 11.3. The summed E-state index contributed by atoms with van der Waals surface area (Å²) in [5, 5.41) is 3.31. The number of hydrogen-bond acceptors (Lipinski definition) is 4. The predicted octanol–water partition coefficient (Wildman–Crippen LogP) is 1.46. The highest BCUT2D eigenvalue weighted by Gasteiger charge is 2.41. The van der Waals surface area contributed by atoms with Gasteiger partial charge in [-0.15, -0.1) is 0 Å². The van der Waals surface area contributed by atoms with Gasteiger partial charge < -0.3 is 15.0 Å². The van der Waals surface area contributed by atoms with E-state index in [1.807, 2.05) is 35.2 Å². The fourth-order valence-corrected chi connectivity index (χ4v) is 4.21. The van der Waals surface area contributed by atoms with Crippen LogP contribution in [0.3, 0.4) is 0 Å². The molecule has 1 unspecified atom stereocenters. The molecule has 6 nitrogen and oxygen atoms in total. The quantitative estimate of drug-likeness (QED) is 0.655. The van der Waals surface area contributed by atoms with Gasteiger partial charge in [-0.1, -0.05) is 30.3 Å². The number of rotatable bonds is 4. The number of methoxy groups -OCH3 is 1. The number of benzene rings is 1. The first kappa shape index (κ1) is 18.7. The van der Waals surface area contributed by atoms with Crippen LogP contribution in [-0.2, 0) is 14.6 Å². The van der Waals surface area contributed by atoms with Crippen molar-refractivity contribution in [3.05, 3.63) is 35.9 Å². The highest BCUT2D eigenvalue weighted by atomic mass is 32.2. The lowest BCUT2D eigenvalue weighted by molar-refractivity contribution is 0.105. The Bertz CT molecular complexity index is 672. The van der Waals surface area contributed by atoms with Gasteiger partial charge in [0.2, 0.25) is 0 Å². The Morgan fingerprint density at radius 2 is 2.04 bits per heavy atom. The minimum Gasteiger partial charge on any atom is -0.375 e. The van der Waals surface area contributed by atoms with E-state index >= 15 is 0 Å². The fraction of sp³-hybridized carbons (Fsp3) is 0.588. The Morgan fingerprint density at radius 1 is 1.38 bits per heavy atom. The zero-order valence-corrected chi connectivity index (χ0v) is 15.6. The molecule has 1 fully saturated rings. The van der Waals surface area contributed by atoms with Crippen molar-refractivity contribution in [2.24, 2.45) is 4.99 Å². The van der Waals surface area contributed by atoms with Crippen LogP contribution in [0.5, 0.6) is 0 Å². The minimum absolute atomic E-state index is 0.0931. The molecular weight excluding hydrogens is 326 g/mol. The number of nitrogens with zero attached hydrogens (tertiary/aromatic N) is 2. The summed E-state index contributed by atoms with van der Waals surface area (Å²) in [4.78, 5) is 6.30. The Morgan fingerprint density at radius 3 is 2.58 bits per heavy atom. The average Bonchev–Trinajstić information content (AvgIpc) is 2.55. The van der Waals surface area contributed by atoms with Crippen molar-refractivity contribution in [2.45, 2.75) is 24.7 Å². The van der Waals surface area contributed by atoms with Crippen molar-refractivity contribution in [3.63, 3.8) is 0 Å². The third-order valence-corrected chi connectivity index (χ3v) is 6.99. The van der Waals surface area contributed by atoms with Crippen LogP contribution in [0.1, 0.15) is 25.5 Å². The summed E-state index contributed by atoms with van der Waals surface area (Å²) < 4.78 is 29.1. The molecular formula is C17H27N3O3S. The molecule has 0 saturated carbocycles. The van der Waals surface area contributed by atoms with Crippen LogP contribution in [0, 0.1) is 0 Å². The molecule has 1 saturated heterocycles.